The van der Waals surface area contributed by atoms with Gasteiger partial charge >= 0.3 is 0 Å². The zero-order valence-corrected chi connectivity index (χ0v) is 13.3. The fraction of sp³-hybridized carbons (Fsp3) is 0.111. The summed E-state index contributed by atoms with van der Waals surface area (Å²) in [5.41, 5.74) is 2.61. The molecule has 0 fully saturated rings. The van der Waals surface area contributed by atoms with Gasteiger partial charge in [-0.05, 0) is 25.1 Å². The van der Waals surface area contributed by atoms with E-state index < -0.39 is 0 Å². The first kappa shape index (κ1) is 15.6. The normalized spacial score (nSPS) is 10.4. The Kier molecular flexibility index (Phi) is 4.47. The number of hydrogen-bond acceptors (Lipinski definition) is 5. The van der Waals surface area contributed by atoms with Crippen LogP contribution in [0.2, 0.25) is 0 Å². The number of aromatic nitrogens is 3. The number of carbonyl (C=O) groups is 1. The SMILES string of the molecule is C=CCNC(=O)c1cc(C)nc(Nc2cccc3cccnc23)n1. The van der Waals surface area contributed by atoms with Gasteiger partial charge in [-0.25, -0.2) is 9.97 Å². The van der Waals surface area contributed by atoms with Crippen molar-refractivity contribution in [1.29, 1.82) is 0 Å². The highest BCUT2D eigenvalue weighted by molar-refractivity contribution is 5.93. The number of carbonyl (C=O) groups excluding carboxylic acids is 1. The first-order valence-corrected chi connectivity index (χ1v) is 7.53. The average molecular weight is 319 g/mol. The van der Waals surface area contributed by atoms with Gasteiger partial charge in [0.2, 0.25) is 5.95 Å². The van der Waals surface area contributed by atoms with Gasteiger partial charge < -0.3 is 10.6 Å². The third-order valence-corrected chi connectivity index (χ3v) is 3.37. The van der Waals surface area contributed by atoms with Crippen LogP contribution < -0.4 is 10.6 Å². The molecule has 0 saturated heterocycles. The van der Waals surface area contributed by atoms with Crippen LogP contribution in [0.15, 0.2) is 55.3 Å². The van der Waals surface area contributed by atoms with Crippen molar-refractivity contribution in [3.05, 3.63) is 66.6 Å². The second-order valence-corrected chi connectivity index (χ2v) is 5.22. The third kappa shape index (κ3) is 3.38. The van der Waals surface area contributed by atoms with E-state index >= 15 is 0 Å². The van der Waals surface area contributed by atoms with Crippen LogP contribution in [0.25, 0.3) is 10.9 Å². The second-order valence-electron chi connectivity index (χ2n) is 5.22. The lowest BCUT2D eigenvalue weighted by atomic mass is 10.2. The van der Waals surface area contributed by atoms with E-state index in [1.165, 1.54) is 0 Å². The molecule has 120 valence electrons. The van der Waals surface area contributed by atoms with Gasteiger partial charge in [0.1, 0.15) is 5.69 Å². The molecule has 6 nitrogen and oxygen atoms in total. The summed E-state index contributed by atoms with van der Waals surface area (Å²) in [6.07, 6.45) is 3.35. The lowest BCUT2D eigenvalue weighted by Gasteiger charge is -2.10. The smallest absolute Gasteiger partial charge is 0.270 e. The summed E-state index contributed by atoms with van der Waals surface area (Å²) in [6, 6.07) is 11.3. The van der Waals surface area contributed by atoms with E-state index in [2.05, 4.69) is 32.2 Å². The molecule has 24 heavy (non-hydrogen) atoms. The maximum Gasteiger partial charge on any atom is 0.270 e. The van der Waals surface area contributed by atoms with Gasteiger partial charge in [0.25, 0.3) is 5.91 Å². The van der Waals surface area contributed by atoms with E-state index in [0.717, 1.165) is 16.6 Å². The summed E-state index contributed by atoms with van der Waals surface area (Å²) >= 11 is 0. The van der Waals surface area contributed by atoms with Gasteiger partial charge in [-0.15, -0.1) is 6.58 Å². The Hall–Kier alpha value is -3.28. The van der Waals surface area contributed by atoms with Crippen LogP contribution in [-0.2, 0) is 0 Å². The quantitative estimate of drug-likeness (QED) is 0.707. The monoisotopic (exact) mass is 319 g/mol. The number of hydrogen-bond donors (Lipinski definition) is 2. The Morgan fingerprint density at radius 2 is 2.08 bits per heavy atom. The van der Waals surface area contributed by atoms with E-state index in [1.54, 1.807) is 18.3 Å². The van der Waals surface area contributed by atoms with Gasteiger partial charge in [0.15, 0.2) is 0 Å². The largest absolute Gasteiger partial charge is 0.347 e. The van der Waals surface area contributed by atoms with E-state index in [0.29, 0.717) is 23.9 Å². The van der Waals surface area contributed by atoms with Crippen LogP contribution in [0.3, 0.4) is 0 Å². The molecule has 0 aliphatic carbocycles. The molecular weight excluding hydrogens is 302 g/mol. The molecule has 0 aliphatic rings. The molecule has 0 aliphatic heterocycles. The van der Waals surface area contributed by atoms with Crippen molar-refractivity contribution in [3.63, 3.8) is 0 Å². The third-order valence-electron chi connectivity index (χ3n) is 3.37. The van der Waals surface area contributed by atoms with Crippen LogP contribution in [0.5, 0.6) is 0 Å². The van der Waals surface area contributed by atoms with Gasteiger partial charge in [-0.3, -0.25) is 9.78 Å². The van der Waals surface area contributed by atoms with Crippen LogP contribution in [0.4, 0.5) is 11.6 Å². The summed E-state index contributed by atoms with van der Waals surface area (Å²) in [6.45, 7) is 5.78. The van der Waals surface area contributed by atoms with Crippen molar-refractivity contribution in [2.24, 2.45) is 0 Å². The molecule has 0 atom stereocenters. The summed E-state index contributed by atoms with van der Waals surface area (Å²) in [5.74, 6) is 0.0939. The Morgan fingerprint density at radius 1 is 1.25 bits per heavy atom. The molecule has 0 saturated carbocycles. The number of benzene rings is 1. The summed E-state index contributed by atoms with van der Waals surface area (Å²) in [5, 5.41) is 6.88. The fourth-order valence-corrected chi connectivity index (χ4v) is 2.32. The summed E-state index contributed by atoms with van der Waals surface area (Å²) in [7, 11) is 0. The second kappa shape index (κ2) is 6.87. The molecule has 0 radical (unpaired) electrons. The minimum absolute atomic E-state index is 0.264. The van der Waals surface area contributed by atoms with Gasteiger partial charge in [0.05, 0.1) is 11.2 Å². The molecule has 1 aromatic carbocycles. The zero-order chi connectivity index (χ0) is 16.9. The highest BCUT2D eigenvalue weighted by Crippen LogP contribution is 2.23. The van der Waals surface area contributed by atoms with Crippen molar-refractivity contribution >= 4 is 28.4 Å². The minimum atomic E-state index is -0.264. The van der Waals surface area contributed by atoms with Gasteiger partial charge in [-0.2, -0.15) is 0 Å². The zero-order valence-electron chi connectivity index (χ0n) is 13.3. The minimum Gasteiger partial charge on any atom is -0.347 e. The Labute approximate surface area is 139 Å². The van der Waals surface area contributed by atoms with E-state index in [1.807, 2.05) is 37.3 Å². The van der Waals surface area contributed by atoms with Crippen molar-refractivity contribution in [1.82, 2.24) is 20.3 Å². The number of para-hydroxylation sites is 1. The van der Waals surface area contributed by atoms with E-state index in [4.69, 9.17) is 0 Å². The lowest BCUT2D eigenvalue weighted by molar-refractivity contribution is 0.0953. The Morgan fingerprint density at radius 3 is 2.92 bits per heavy atom. The first-order chi connectivity index (χ1) is 11.7. The number of aryl methyl sites for hydroxylation is 1. The van der Waals surface area contributed by atoms with Crippen LogP contribution in [0, 0.1) is 6.92 Å². The summed E-state index contributed by atoms with van der Waals surface area (Å²) in [4.78, 5) is 25.1. The maximum absolute atomic E-state index is 12.1. The molecule has 3 aromatic rings. The topological polar surface area (TPSA) is 79.8 Å². The molecule has 2 aromatic heterocycles. The summed E-state index contributed by atoms with van der Waals surface area (Å²) < 4.78 is 0. The number of nitrogens with zero attached hydrogens (tertiary/aromatic N) is 3. The molecule has 2 N–H and O–H groups in total. The standard InChI is InChI=1S/C18H17N5O/c1-3-9-20-17(24)15-11-12(2)21-18(23-15)22-14-8-4-6-13-7-5-10-19-16(13)14/h3-8,10-11H,1,9H2,2H3,(H,20,24)(H,21,22,23). The van der Waals surface area contributed by atoms with Crippen molar-refractivity contribution < 1.29 is 4.79 Å². The maximum atomic E-state index is 12.1. The molecule has 0 spiro atoms. The number of amides is 1. The molecular formula is C18H17N5O. The van der Waals surface area contributed by atoms with Crippen molar-refractivity contribution in [3.8, 4) is 0 Å². The molecule has 0 bridgehead atoms. The lowest BCUT2D eigenvalue weighted by Crippen LogP contribution is -2.24. The Bertz CT molecular complexity index is 902. The number of anilines is 2. The van der Waals surface area contributed by atoms with Crippen molar-refractivity contribution in [2.45, 2.75) is 6.92 Å². The first-order valence-electron chi connectivity index (χ1n) is 7.53. The number of nitrogens with one attached hydrogen (secondary N) is 2. The number of fused-ring (bicyclic) bond motifs is 1. The average Bonchev–Trinajstić information content (AvgIpc) is 2.59. The van der Waals surface area contributed by atoms with Crippen molar-refractivity contribution in [2.75, 3.05) is 11.9 Å². The predicted octanol–water partition coefficient (Wildman–Crippen LogP) is 2.99. The van der Waals surface area contributed by atoms with Gasteiger partial charge in [0, 0.05) is 23.8 Å². The van der Waals surface area contributed by atoms with Crippen LogP contribution in [0.1, 0.15) is 16.2 Å². The van der Waals surface area contributed by atoms with E-state index in [9.17, 15) is 4.79 Å². The number of rotatable bonds is 5. The fourth-order valence-electron chi connectivity index (χ4n) is 2.32. The molecule has 0 unspecified atom stereocenters. The number of pyridine rings is 1. The highest BCUT2D eigenvalue weighted by Gasteiger charge is 2.11. The van der Waals surface area contributed by atoms with Crippen LogP contribution in [-0.4, -0.2) is 27.4 Å². The molecule has 3 rings (SSSR count). The Balaban J connectivity index is 1.93. The van der Waals surface area contributed by atoms with Gasteiger partial charge in [-0.1, -0.05) is 24.3 Å². The predicted molar refractivity (Wildman–Crippen MR) is 94.3 cm³/mol. The molecule has 1 amide bonds. The molecule has 2 heterocycles. The van der Waals surface area contributed by atoms with Crippen LogP contribution >= 0.6 is 0 Å². The molecule has 6 heteroatoms. The highest BCUT2D eigenvalue weighted by atomic mass is 16.1. The van der Waals surface area contributed by atoms with E-state index in [-0.39, 0.29) is 5.91 Å².